The molecule has 0 aliphatic carbocycles. The minimum atomic E-state index is 0.759. The number of aromatic nitrogens is 2. The summed E-state index contributed by atoms with van der Waals surface area (Å²) in [5.41, 5.74) is 2.74. The molecule has 0 fully saturated rings. The molecule has 4 rings (SSSR count). The molecule has 0 unspecified atom stereocenters. The lowest BCUT2D eigenvalue weighted by Crippen LogP contribution is -1.94. The summed E-state index contributed by atoms with van der Waals surface area (Å²) in [4.78, 5) is 9.23. The predicted octanol–water partition coefficient (Wildman–Crippen LogP) is 4.53. The molecule has 3 nitrogen and oxygen atoms in total. The Morgan fingerprint density at radius 3 is 2.38 bits per heavy atom. The van der Waals surface area contributed by atoms with E-state index in [1.807, 2.05) is 60.7 Å². The molecular weight excluding hydrogens is 258 g/mol. The third kappa shape index (κ3) is 2.30. The molecule has 0 atom stereocenters. The van der Waals surface area contributed by atoms with Crippen molar-refractivity contribution in [1.29, 1.82) is 0 Å². The molecule has 1 N–H and O–H groups in total. The zero-order chi connectivity index (χ0) is 14.1. The first-order chi connectivity index (χ1) is 10.4. The van der Waals surface area contributed by atoms with Crippen molar-refractivity contribution in [1.82, 2.24) is 9.97 Å². The van der Waals surface area contributed by atoms with Crippen LogP contribution < -0.4 is 5.32 Å². The number of hydrogen-bond donors (Lipinski definition) is 1. The van der Waals surface area contributed by atoms with E-state index in [0.29, 0.717) is 0 Å². The average Bonchev–Trinajstić information content (AvgIpc) is 2.54. The number of benzene rings is 2. The van der Waals surface area contributed by atoms with Crippen LogP contribution in [0.3, 0.4) is 0 Å². The Labute approximate surface area is 122 Å². The zero-order valence-corrected chi connectivity index (χ0v) is 11.3. The van der Waals surface area contributed by atoms with Gasteiger partial charge in [-0.25, -0.2) is 9.97 Å². The van der Waals surface area contributed by atoms with E-state index in [-0.39, 0.29) is 0 Å². The molecule has 0 saturated carbocycles. The van der Waals surface area contributed by atoms with Gasteiger partial charge >= 0.3 is 0 Å². The van der Waals surface area contributed by atoms with E-state index in [1.165, 1.54) is 0 Å². The number of nitrogens with one attached hydrogen (secondary N) is 1. The highest BCUT2D eigenvalue weighted by Gasteiger charge is 2.02. The van der Waals surface area contributed by atoms with Crippen LogP contribution in [0.4, 0.5) is 11.5 Å². The van der Waals surface area contributed by atoms with E-state index in [9.17, 15) is 0 Å². The average molecular weight is 271 g/mol. The Balaban J connectivity index is 1.80. The molecule has 2 aromatic heterocycles. The Morgan fingerprint density at radius 1 is 0.667 bits per heavy atom. The molecule has 0 aliphatic heterocycles. The van der Waals surface area contributed by atoms with Gasteiger partial charge in [-0.15, -0.1) is 0 Å². The molecule has 100 valence electrons. The molecule has 0 saturated heterocycles. The third-order valence-corrected chi connectivity index (χ3v) is 3.43. The van der Waals surface area contributed by atoms with Gasteiger partial charge in [0, 0.05) is 16.5 Å². The van der Waals surface area contributed by atoms with Crippen LogP contribution in [0.1, 0.15) is 0 Å². The second-order valence-electron chi connectivity index (χ2n) is 4.92. The van der Waals surface area contributed by atoms with Gasteiger partial charge in [-0.05, 0) is 36.4 Å². The van der Waals surface area contributed by atoms with Crippen LogP contribution >= 0.6 is 0 Å². The highest BCUT2D eigenvalue weighted by molar-refractivity contribution is 5.91. The minimum Gasteiger partial charge on any atom is -0.340 e. The summed E-state index contributed by atoms with van der Waals surface area (Å²) in [6.07, 6.45) is 0. The van der Waals surface area contributed by atoms with Crippen LogP contribution in [-0.4, -0.2) is 9.97 Å². The van der Waals surface area contributed by atoms with Gasteiger partial charge in [0.15, 0.2) is 5.65 Å². The number of pyridine rings is 2. The fourth-order valence-electron chi connectivity index (χ4n) is 2.39. The Hall–Kier alpha value is -2.94. The molecular formula is C18H13N3. The van der Waals surface area contributed by atoms with Gasteiger partial charge in [0.25, 0.3) is 0 Å². The van der Waals surface area contributed by atoms with Gasteiger partial charge in [0.1, 0.15) is 5.82 Å². The fourth-order valence-corrected chi connectivity index (χ4v) is 2.39. The molecule has 0 bridgehead atoms. The van der Waals surface area contributed by atoms with Crippen molar-refractivity contribution in [3.63, 3.8) is 0 Å². The number of para-hydroxylation sites is 2. The van der Waals surface area contributed by atoms with E-state index in [1.54, 1.807) is 0 Å². The Kier molecular flexibility index (Phi) is 2.75. The summed E-state index contributed by atoms with van der Waals surface area (Å²) in [6, 6.07) is 24.2. The van der Waals surface area contributed by atoms with E-state index in [0.717, 1.165) is 33.4 Å². The van der Waals surface area contributed by atoms with E-state index in [4.69, 9.17) is 0 Å². The van der Waals surface area contributed by atoms with Crippen LogP contribution in [0.15, 0.2) is 72.8 Å². The number of fused-ring (bicyclic) bond motifs is 2. The van der Waals surface area contributed by atoms with E-state index >= 15 is 0 Å². The smallest absolute Gasteiger partial charge is 0.162 e. The van der Waals surface area contributed by atoms with Crippen LogP contribution in [0.2, 0.25) is 0 Å². The summed E-state index contributed by atoms with van der Waals surface area (Å²) in [7, 11) is 0. The van der Waals surface area contributed by atoms with Crippen LogP contribution in [0.25, 0.3) is 21.9 Å². The summed E-state index contributed by atoms with van der Waals surface area (Å²) in [5.74, 6) is 0.802. The number of hydrogen-bond acceptors (Lipinski definition) is 3. The van der Waals surface area contributed by atoms with Crippen molar-refractivity contribution >= 4 is 33.4 Å². The lowest BCUT2D eigenvalue weighted by atomic mass is 10.2. The van der Waals surface area contributed by atoms with Crippen molar-refractivity contribution in [3.8, 4) is 0 Å². The highest BCUT2D eigenvalue weighted by Crippen LogP contribution is 2.21. The summed E-state index contributed by atoms with van der Waals surface area (Å²) in [5, 5.41) is 5.48. The lowest BCUT2D eigenvalue weighted by molar-refractivity contribution is 1.31. The van der Waals surface area contributed by atoms with Gasteiger partial charge < -0.3 is 5.32 Å². The fraction of sp³-hybridized carbons (Fsp3) is 0. The minimum absolute atomic E-state index is 0.759. The summed E-state index contributed by atoms with van der Waals surface area (Å²) >= 11 is 0. The molecule has 21 heavy (non-hydrogen) atoms. The molecule has 0 radical (unpaired) electrons. The predicted molar refractivity (Wildman–Crippen MR) is 86.8 cm³/mol. The number of anilines is 2. The van der Waals surface area contributed by atoms with Gasteiger partial charge in [0.2, 0.25) is 0 Å². The second kappa shape index (κ2) is 4.87. The lowest BCUT2D eigenvalue weighted by Gasteiger charge is -2.07. The SMILES string of the molecule is c1ccc(Nc2ccc3cc4ccccc4nc3n2)cc1. The van der Waals surface area contributed by atoms with E-state index < -0.39 is 0 Å². The molecule has 0 amide bonds. The van der Waals surface area contributed by atoms with Crippen molar-refractivity contribution in [2.75, 3.05) is 5.32 Å². The quantitative estimate of drug-likeness (QED) is 0.544. The monoisotopic (exact) mass is 271 g/mol. The molecule has 2 aromatic carbocycles. The van der Waals surface area contributed by atoms with Crippen molar-refractivity contribution in [2.24, 2.45) is 0 Å². The van der Waals surface area contributed by atoms with Crippen LogP contribution in [0.5, 0.6) is 0 Å². The van der Waals surface area contributed by atoms with Gasteiger partial charge in [-0.1, -0.05) is 36.4 Å². The first kappa shape index (κ1) is 11.9. The molecule has 0 spiro atoms. The zero-order valence-electron chi connectivity index (χ0n) is 11.3. The topological polar surface area (TPSA) is 37.8 Å². The van der Waals surface area contributed by atoms with Crippen molar-refractivity contribution < 1.29 is 0 Å². The summed E-state index contributed by atoms with van der Waals surface area (Å²) in [6.45, 7) is 0. The maximum atomic E-state index is 4.63. The van der Waals surface area contributed by atoms with Crippen LogP contribution in [0, 0.1) is 0 Å². The van der Waals surface area contributed by atoms with Gasteiger partial charge in [0.05, 0.1) is 5.52 Å². The number of rotatable bonds is 2. The first-order valence-corrected chi connectivity index (χ1v) is 6.87. The normalized spacial score (nSPS) is 10.9. The maximum Gasteiger partial charge on any atom is 0.162 e. The van der Waals surface area contributed by atoms with Gasteiger partial charge in [-0.3, -0.25) is 0 Å². The molecule has 4 aromatic rings. The second-order valence-corrected chi connectivity index (χ2v) is 4.92. The number of nitrogens with zero attached hydrogens (tertiary/aromatic N) is 2. The maximum absolute atomic E-state index is 4.63. The Morgan fingerprint density at radius 2 is 1.48 bits per heavy atom. The summed E-state index contributed by atoms with van der Waals surface area (Å²) < 4.78 is 0. The largest absolute Gasteiger partial charge is 0.340 e. The van der Waals surface area contributed by atoms with Gasteiger partial charge in [-0.2, -0.15) is 0 Å². The molecule has 0 aliphatic rings. The molecule has 3 heteroatoms. The van der Waals surface area contributed by atoms with Crippen molar-refractivity contribution in [3.05, 3.63) is 72.8 Å². The standard InChI is InChI=1S/C18H13N3/c1-2-7-15(8-3-1)19-17-11-10-14-12-13-6-4-5-9-16(13)20-18(14)21-17/h1-12H,(H,19,20,21). The third-order valence-electron chi connectivity index (χ3n) is 3.43. The Bertz CT molecular complexity index is 917. The van der Waals surface area contributed by atoms with E-state index in [2.05, 4.69) is 27.4 Å². The highest BCUT2D eigenvalue weighted by atomic mass is 15.0. The first-order valence-electron chi connectivity index (χ1n) is 6.87. The van der Waals surface area contributed by atoms with Crippen LogP contribution in [-0.2, 0) is 0 Å². The van der Waals surface area contributed by atoms with Crippen molar-refractivity contribution in [2.45, 2.75) is 0 Å². The molecule has 2 heterocycles.